The van der Waals surface area contributed by atoms with Gasteiger partial charge in [-0.15, -0.1) is 0 Å². The zero-order valence-electron chi connectivity index (χ0n) is 37.0. The van der Waals surface area contributed by atoms with Gasteiger partial charge in [0, 0.05) is 29.8 Å². The van der Waals surface area contributed by atoms with E-state index in [1.54, 1.807) is 44.2 Å². The van der Waals surface area contributed by atoms with Crippen molar-refractivity contribution in [2.45, 2.75) is 155 Å². The minimum Gasteiger partial charge on any atom is -0.511 e. The van der Waals surface area contributed by atoms with E-state index in [4.69, 9.17) is 11.1 Å². The molecule has 2 aliphatic carbocycles. The molecule has 0 unspecified atom stereocenters. The minimum absolute atomic E-state index is 0.0283. The Bertz CT molecular complexity index is 1720. The van der Waals surface area contributed by atoms with Crippen LogP contribution in [-0.4, -0.2) is 125 Å². The van der Waals surface area contributed by atoms with Crippen molar-refractivity contribution >= 4 is 17.6 Å². The third-order valence-corrected chi connectivity index (χ3v) is 14.1. The van der Waals surface area contributed by atoms with E-state index in [2.05, 4.69) is 5.32 Å². The van der Waals surface area contributed by atoms with Gasteiger partial charge in [0.05, 0.1) is 49.3 Å². The number of hydrogen-bond acceptors (Lipinski definition) is 11. The molecule has 1 amide bonds. The second-order valence-corrected chi connectivity index (χ2v) is 18.5. The van der Waals surface area contributed by atoms with Crippen molar-refractivity contribution in [1.29, 1.82) is 5.41 Å². The summed E-state index contributed by atoms with van der Waals surface area (Å²) in [6, 6.07) is 0.0491. The maximum absolute atomic E-state index is 12.8. The number of carbonyl (C=O) groups excluding carboxylic acids is 2. The second-order valence-electron chi connectivity index (χ2n) is 18.5. The molecule has 14 nitrogen and oxygen atoms in total. The molecule has 14 atom stereocenters. The molecule has 2 saturated heterocycles. The fraction of sp³-hybridized carbons (Fsp3) is 0.681. The molecule has 0 aromatic rings. The zero-order valence-corrected chi connectivity index (χ0v) is 37.0. The highest BCUT2D eigenvalue weighted by Crippen LogP contribution is 2.58. The van der Waals surface area contributed by atoms with Gasteiger partial charge in [0.25, 0.3) is 5.91 Å². The van der Waals surface area contributed by atoms with E-state index >= 15 is 0 Å². The predicted octanol–water partition coefficient (Wildman–Crippen LogP) is 3.61. The first-order chi connectivity index (χ1) is 28.7. The van der Waals surface area contributed by atoms with Gasteiger partial charge in [0.1, 0.15) is 11.3 Å². The molecule has 1 saturated carbocycles. The molecule has 4 aliphatic rings. The molecule has 4 rings (SSSR count). The van der Waals surface area contributed by atoms with Crippen molar-refractivity contribution in [2.24, 2.45) is 40.7 Å². The molecule has 2 heterocycles. The standard InChI is InChI=1S/C47H74N4O10/c1-26(37(54)10-7-11-38(55)27(2)13-18-33(53)24-31-9-8-22-51(31)46(48)49)12-16-32(52)17-14-28(3)42(58)29(4)15-19-35-30(5)23-34-36(20-21-39(56)43(34)59)47(35,6)44(60)41-40(57)25-50-45(41)61/h7,10,12-14,16,23,26,29,31-39,42-43,52-56,58-60H,8-9,11,15,17-22,24-25H2,1-6H3,(H3,48,49)(H,50,61)/b10-7+,16-12+,27-13+,28-14+,44-41+/t26-,29+,31+,32-,33-,34-,35-,36-,37-,38+,39-,42-,43+,47+/m1/s1. The van der Waals surface area contributed by atoms with Crippen LogP contribution in [0.15, 0.2) is 70.6 Å². The summed E-state index contributed by atoms with van der Waals surface area (Å²) < 4.78 is 0. The maximum Gasteiger partial charge on any atom is 0.258 e. The highest BCUT2D eigenvalue weighted by atomic mass is 16.3. The number of Topliss-reactive ketones (excluding diaryl/α,β-unsaturated/α-hetero) is 1. The molecule has 12 N–H and O–H groups in total. The summed E-state index contributed by atoms with van der Waals surface area (Å²) in [6.45, 7) is 11.6. The van der Waals surface area contributed by atoms with E-state index in [1.165, 1.54) is 0 Å². The number of hydrogen-bond donors (Lipinski definition) is 11. The van der Waals surface area contributed by atoms with Crippen LogP contribution in [0.5, 0.6) is 0 Å². The first kappa shape index (κ1) is 50.0. The van der Waals surface area contributed by atoms with Gasteiger partial charge in [-0.05, 0) is 114 Å². The number of allylic oxidation sites excluding steroid dienone is 2. The predicted molar refractivity (Wildman–Crippen MR) is 235 cm³/mol. The van der Waals surface area contributed by atoms with Gasteiger partial charge in [-0.1, -0.05) is 68.9 Å². The average molecular weight is 855 g/mol. The van der Waals surface area contributed by atoms with Gasteiger partial charge >= 0.3 is 0 Å². The molecule has 14 heteroatoms. The van der Waals surface area contributed by atoms with Crippen LogP contribution in [0.3, 0.4) is 0 Å². The van der Waals surface area contributed by atoms with Crippen molar-refractivity contribution in [1.82, 2.24) is 10.2 Å². The van der Waals surface area contributed by atoms with Crippen molar-refractivity contribution in [2.75, 3.05) is 13.1 Å². The van der Waals surface area contributed by atoms with Gasteiger partial charge in [-0.2, -0.15) is 0 Å². The van der Waals surface area contributed by atoms with Gasteiger partial charge in [0.2, 0.25) is 0 Å². The highest BCUT2D eigenvalue weighted by Gasteiger charge is 2.56. The average Bonchev–Trinajstić information content (AvgIpc) is 3.83. The number of rotatable bonds is 19. The number of ketones is 1. The van der Waals surface area contributed by atoms with E-state index in [1.807, 2.05) is 44.7 Å². The zero-order chi connectivity index (χ0) is 45.3. The normalized spacial score (nSPS) is 32.0. The van der Waals surface area contributed by atoms with Gasteiger partial charge < -0.3 is 56.8 Å². The molecule has 342 valence electrons. The Morgan fingerprint density at radius 3 is 2.34 bits per heavy atom. The number of likely N-dealkylation sites (tertiary alicyclic amines) is 1. The summed E-state index contributed by atoms with van der Waals surface area (Å²) in [5.74, 6) is -3.02. The molecule has 0 aromatic heterocycles. The number of carbonyl (C=O) groups is 2. The van der Waals surface area contributed by atoms with Crippen LogP contribution < -0.4 is 11.1 Å². The SMILES string of the molecule is CC1=C[C@H]2[C@H](O)[C@H](O)CC[C@H]2[C@@](C)(/C(O)=C2/C(=O)CNC2=O)[C@@H]1CC[C@H](C)[C@H](O)/C(C)=C/C[C@H](O)/C=C/[C@@H](C)[C@H](O)/C=C/C[C@H](O)/C(C)=C/C[C@@H](O)C[C@@H]1CCCN1C(=N)N. The van der Waals surface area contributed by atoms with E-state index in [9.17, 15) is 50.4 Å². The Morgan fingerprint density at radius 1 is 1.00 bits per heavy atom. The lowest BCUT2D eigenvalue weighted by molar-refractivity contribution is -0.118. The third kappa shape index (κ3) is 12.3. The van der Waals surface area contributed by atoms with E-state index in [0.29, 0.717) is 44.1 Å². The molecule has 61 heavy (non-hydrogen) atoms. The van der Waals surface area contributed by atoms with E-state index in [-0.39, 0.29) is 66.4 Å². The number of aliphatic hydroxyl groups is 8. The summed E-state index contributed by atoms with van der Waals surface area (Å²) in [5, 5.41) is 97.4. The molecular formula is C47H74N4O10. The summed E-state index contributed by atoms with van der Waals surface area (Å²) in [5.41, 5.74) is 6.61. The van der Waals surface area contributed by atoms with Crippen LogP contribution in [0.25, 0.3) is 0 Å². The summed E-state index contributed by atoms with van der Waals surface area (Å²) in [6.07, 6.45) is 11.4. The van der Waals surface area contributed by atoms with Gasteiger partial charge in [0.15, 0.2) is 11.7 Å². The van der Waals surface area contributed by atoms with Crippen LogP contribution in [0.2, 0.25) is 0 Å². The fourth-order valence-corrected chi connectivity index (χ4v) is 10.0. The largest absolute Gasteiger partial charge is 0.511 e. The maximum atomic E-state index is 12.8. The van der Waals surface area contributed by atoms with Crippen molar-refractivity contribution in [3.63, 3.8) is 0 Å². The Kier molecular flexibility index (Phi) is 18.1. The quantitative estimate of drug-likeness (QED) is 0.0223. The number of amides is 1. The Labute approximate surface area is 361 Å². The fourth-order valence-electron chi connectivity index (χ4n) is 10.0. The lowest BCUT2D eigenvalue weighted by Crippen LogP contribution is -2.53. The molecule has 2 aliphatic heterocycles. The first-order valence-electron chi connectivity index (χ1n) is 22.2. The van der Waals surface area contributed by atoms with Gasteiger partial charge in [-0.3, -0.25) is 15.0 Å². The topological polar surface area (TPSA) is 261 Å². The van der Waals surface area contributed by atoms with Crippen LogP contribution in [0.4, 0.5) is 0 Å². The van der Waals surface area contributed by atoms with Crippen LogP contribution in [0, 0.1) is 40.4 Å². The summed E-state index contributed by atoms with van der Waals surface area (Å²) in [7, 11) is 0. The smallest absolute Gasteiger partial charge is 0.258 e. The Hall–Kier alpha value is -3.63. The molecule has 0 bridgehead atoms. The van der Waals surface area contributed by atoms with E-state index in [0.717, 1.165) is 30.5 Å². The number of guanidine groups is 1. The summed E-state index contributed by atoms with van der Waals surface area (Å²) >= 11 is 0. The Morgan fingerprint density at radius 2 is 1.69 bits per heavy atom. The molecule has 0 spiro atoms. The Balaban J connectivity index is 1.28. The van der Waals surface area contributed by atoms with Crippen molar-refractivity contribution < 1.29 is 50.4 Å². The lowest BCUT2D eigenvalue weighted by Gasteiger charge is -2.54. The monoisotopic (exact) mass is 855 g/mol. The van der Waals surface area contributed by atoms with E-state index < -0.39 is 65.8 Å². The summed E-state index contributed by atoms with van der Waals surface area (Å²) in [4.78, 5) is 27.3. The number of nitrogens with zero attached hydrogens (tertiary/aromatic N) is 1. The number of nitrogens with one attached hydrogen (secondary N) is 2. The van der Waals surface area contributed by atoms with Crippen molar-refractivity contribution in [3.05, 3.63) is 70.6 Å². The molecule has 0 aromatic carbocycles. The highest BCUT2D eigenvalue weighted by molar-refractivity contribution is 6.25. The molecular weight excluding hydrogens is 781 g/mol. The van der Waals surface area contributed by atoms with Gasteiger partial charge in [-0.25, -0.2) is 0 Å². The third-order valence-electron chi connectivity index (χ3n) is 14.1. The number of fused-ring (bicyclic) bond motifs is 1. The van der Waals surface area contributed by atoms with Crippen molar-refractivity contribution in [3.8, 4) is 0 Å². The van der Waals surface area contributed by atoms with Crippen LogP contribution in [0.1, 0.15) is 106 Å². The van der Waals surface area contributed by atoms with Crippen LogP contribution in [-0.2, 0) is 9.59 Å². The first-order valence-corrected chi connectivity index (χ1v) is 22.2. The molecule has 3 fully saturated rings. The van der Waals surface area contributed by atoms with Crippen LogP contribution >= 0.6 is 0 Å². The molecule has 0 radical (unpaired) electrons. The minimum atomic E-state index is -1.08. The second kappa shape index (κ2) is 22.1. The lowest BCUT2D eigenvalue weighted by atomic mass is 9.51. The number of aliphatic hydroxyl groups excluding tert-OH is 8. The number of nitrogens with two attached hydrogens (primary N) is 1.